The Balaban J connectivity index is 1.76. The van der Waals surface area contributed by atoms with E-state index in [1.165, 1.54) is 25.8 Å². The molecule has 0 radical (unpaired) electrons. The molecule has 0 unspecified atom stereocenters. The predicted molar refractivity (Wildman–Crippen MR) is 86.1 cm³/mol. The summed E-state index contributed by atoms with van der Waals surface area (Å²) in [7, 11) is 2.24. The summed E-state index contributed by atoms with van der Waals surface area (Å²) in [5, 5.41) is 0. The van der Waals surface area contributed by atoms with Crippen molar-refractivity contribution >= 4 is 5.91 Å². The summed E-state index contributed by atoms with van der Waals surface area (Å²) < 4.78 is 0. The number of nitrogens with two attached hydrogens (primary N) is 1. The second-order valence-electron chi connectivity index (χ2n) is 7.03. The molecule has 2 heterocycles. The van der Waals surface area contributed by atoms with Gasteiger partial charge in [0.15, 0.2) is 0 Å². The standard InChI is InChI=1S/C16H32N4O/c1-13(2)15(17)16(21)20-10-8-19(9-11-20)12-14-6-4-5-7-18(14)3/h13-15H,4-12,17H2,1-3H3/t14-,15-/m0/s1. The molecule has 2 atom stereocenters. The number of nitrogens with zero attached hydrogens (tertiary/aromatic N) is 3. The summed E-state index contributed by atoms with van der Waals surface area (Å²) in [6.07, 6.45) is 4.01. The van der Waals surface area contributed by atoms with Crippen LogP contribution in [0.2, 0.25) is 0 Å². The molecule has 2 aliphatic heterocycles. The number of piperidine rings is 1. The van der Waals surface area contributed by atoms with Crippen molar-refractivity contribution in [2.45, 2.75) is 45.2 Å². The van der Waals surface area contributed by atoms with Gasteiger partial charge in [-0.1, -0.05) is 20.3 Å². The van der Waals surface area contributed by atoms with E-state index in [0.29, 0.717) is 6.04 Å². The summed E-state index contributed by atoms with van der Waals surface area (Å²) in [6.45, 7) is 10.0. The highest BCUT2D eigenvalue weighted by molar-refractivity contribution is 5.82. The molecular weight excluding hydrogens is 264 g/mol. The van der Waals surface area contributed by atoms with Crippen LogP contribution in [0, 0.1) is 5.92 Å². The molecule has 1 amide bonds. The fourth-order valence-electron chi connectivity index (χ4n) is 3.32. The number of carbonyl (C=O) groups excluding carboxylic acids is 1. The first-order chi connectivity index (χ1) is 9.99. The predicted octanol–water partition coefficient (Wildman–Crippen LogP) is 0.598. The minimum Gasteiger partial charge on any atom is -0.339 e. The Bertz CT molecular complexity index is 339. The zero-order valence-corrected chi connectivity index (χ0v) is 13.9. The number of amides is 1. The first-order valence-corrected chi connectivity index (χ1v) is 8.46. The van der Waals surface area contributed by atoms with E-state index in [2.05, 4.69) is 16.8 Å². The smallest absolute Gasteiger partial charge is 0.239 e. The average Bonchev–Trinajstić information content (AvgIpc) is 2.49. The van der Waals surface area contributed by atoms with Gasteiger partial charge in [0.2, 0.25) is 5.91 Å². The van der Waals surface area contributed by atoms with Crippen LogP contribution in [0.1, 0.15) is 33.1 Å². The lowest BCUT2D eigenvalue weighted by atomic mass is 10.0. The highest BCUT2D eigenvalue weighted by Gasteiger charge is 2.28. The number of carbonyl (C=O) groups is 1. The molecular formula is C16H32N4O. The first-order valence-electron chi connectivity index (χ1n) is 8.46. The van der Waals surface area contributed by atoms with E-state index in [9.17, 15) is 4.79 Å². The molecule has 0 spiro atoms. The SMILES string of the molecule is CC(C)[C@H](N)C(=O)N1CCN(C[C@@H]2CCCCN2C)CC1. The van der Waals surface area contributed by atoms with E-state index in [1.807, 2.05) is 18.7 Å². The number of hydrogen-bond donors (Lipinski definition) is 1. The van der Waals surface area contributed by atoms with Crippen molar-refractivity contribution in [3.05, 3.63) is 0 Å². The molecule has 0 aromatic rings. The molecule has 5 heteroatoms. The van der Waals surface area contributed by atoms with Gasteiger partial charge in [-0.25, -0.2) is 0 Å². The second kappa shape index (κ2) is 7.56. The largest absolute Gasteiger partial charge is 0.339 e. The van der Waals surface area contributed by atoms with Gasteiger partial charge >= 0.3 is 0 Å². The van der Waals surface area contributed by atoms with Crippen LogP contribution in [-0.2, 0) is 4.79 Å². The molecule has 0 aromatic heterocycles. The molecule has 122 valence electrons. The monoisotopic (exact) mass is 296 g/mol. The van der Waals surface area contributed by atoms with Crippen molar-refractivity contribution in [2.24, 2.45) is 11.7 Å². The molecule has 0 bridgehead atoms. The highest BCUT2D eigenvalue weighted by atomic mass is 16.2. The van der Waals surface area contributed by atoms with E-state index in [0.717, 1.165) is 32.7 Å². The molecule has 0 saturated carbocycles. The van der Waals surface area contributed by atoms with Gasteiger partial charge < -0.3 is 15.5 Å². The minimum absolute atomic E-state index is 0.124. The Kier molecular flexibility index (Phi) is 6.02. The van der Waals surface area contributed by atoms with Gasteiger partial charge in [-0.05, 0) is 32.4 Å². The second-order valence-corrected chi connectivity index (χ2v) is 7.03. The van der Waals surface area contributed by atoms with Crippen molar-refractivity contribution in [1.82, 2.24) is 14.7 Å². The van der Waals surface area contributed by atoms with E-state index in [1.54, 1.807) is 0 Å². The minimum atomic E-state index is -0.346. The van der Waals surface area contributed by atoms with Crippen molar-refractivity contribution in [2.75, 3.05) is 46.3 Å². The Labute approximate surface area is 129 Å². The van der Waals surface area contributed by atoms with Crippen molar-refractivity contribution in [1.29, 1.82) is 0 Å². The zero-order valence-electron chi connectivity index (χ0n) is 13.9. The van der Waals surface area contributed by atoms with Gasteiger partial charge in [0.25, 0.3) is 0 Å². The molecule has 5 nitrogen and oxygen atoms in total. The number of likely N-dealkylation sites (tertiary alicyclic amines) is 1. The molecule has 2 fully saturated rings. The summed E-state index contributed by atoms with van der Waals surface area (Å²) in [5.74, 6) is 0.339. The normalized spacial score (nSPS) is 27.1. The molecule has 0 aromatic carbocycles. The van der Waals surface area contributed by atoms with E-state index in [4.69, 9.17) is 5.73 Å². The molecule has 2 N–H and O–H groups in total. The van der Waals surface area contributed by atoms with E-state index < -0.39 is 0 Å². The first kappa shape index (κ1) is 16.7. The Hall–Kier alpha value is -0.650. The van der Waals surface area contributed by atoms with E-state index >= 15 is 0 Å². The van der Waals surface area contributed by atoms with Gasteiger partial charge in [-0.3, -0.25) is 9.69 Å². The lowest BCUT2D eigenvalue weighted by Gasteiger charge is -2.40. The third-order valence-electron chi connectivity index (χ3n) is 5.08. The fourth-order valence-corrected chi connectivity index (χ4v) is 3.32. The van der Waals surface area contributed by atoms with Gasteiger partial charge in [0, 0.05) is 38.8 Å². The quantitative estimate of drug-likeness (QED) is 0.825. The van der Waals surface area contributed by atoms with E-state index in [-0.39, 0.29) is 17.9 Å². The van der Waals surface area contributed by atoms with Crippen LogP contribution in [0.4, 0.5) is 0 Å². The van der Waals surface area contributed by atoms with Crippen molar-refractivity contribution < 1.29 is 4.79 Å². The molecule has 2 aliphatic rings. The molecule has 21 heavy (non-hydrogen) atoms. The highest BCUT2D eigenvalue weighted by Crippen LogP contribution is 2.17. The number of hydrogen-bond acceptors (Lipinski definition) is 4. The maximum atomic E-state index is 12.3. The Morgan fingerprint density at radius 1 is 1.14 bits per heavy atom. The van der Waals surface area contributed by atoms with Gasteiger partial charge in [-0.15, -0.1) is 0 Å². The van der Waals surface area contributed by atoms with Gasteiger partial charge in [0.1, 0.15) is 0 Å². The lowest BCUT2D eigenvalue weighted by molar-refractivity contribution is -0.135. The van der Waals surface area contributed by atoms with Crippen LogP contribution in [0.15, 0.2) is 0 Å². The van der Waals surface area contributed by atoms with Crippen LogP contribution in [0.5, 0.6) is 0 Å². The summed E-state index contributed by atoms with van der Waals surface area (Å²) in [5.41, 5.74) is 5.98. The topological polar surface area (TPSA) is 52.8 Å². The summed E-state index contributed by atoms with van der Waals surface area (Å²) in [6, 6.07) is 0.347. The number of likely N-dealkylation sites (N-methyl/N-ethyl adjacent to an activating group) is 1. The van der Waals surface area contributed by atoms with Crippen LogP contribution in [0.3, 0.4) is 0 Å². The van der Waals surface area contributed by atoms with Crippen molar-refractivity contribution in [3.8, 4) is 0 Å². The summed E-state index contributed by atoms with van der Waals surface area (Å²) in [4.78, 5) is 19.2. The molecule has 2 saturated heterocycles. The Morgan fingerprint density at radius 2 is 1.81 bits per heavy atom. The molecule has 2 rings (SSSR count). The zero-order chi connectivity index (χ0) is 15.4. The lowest BCUT2D eigenvalue weighted by Crippen LogP contribution is -2.56. The van der Waals surface area contributed by atoms with Gasteiger partial charge in [-0.2, -0.15) is 0 Å². The third kappa shape index (κ3) is 4.41. The van der Waals surface area contributed by atoms with Crippen LogP contribution < -0.4 is 5.73 Å². The maximum absolute atomic E-state index is 12.3. The van der Waals surface area contributed by atoms with Crippen LogP contribution in [-0.4, -0.2) is 79.0 Å². The maximum Gasteiger partial charge on any atom is 0.239 e. The average molecular weight is 296 g/mol. The van der Waals surface area contributed by atoms with Crippen LogP contribution in [0.25, 0.3) is 0 Å². The van der Waals surface area contributed by atoms with Crippen molar-refractivity contribution in [3.63, 3.8) is 0 Å². The number of rotatable bonds is 4. The van der Waals surface area contributed by atoms with Crippen LogP contribution >= 0.6 is 0 Å². The summed E-state index contributed by atoms with van der Waals surface area (Å²) >= 11 is 0. The molecule has 0 aliphatic carbocycles. The number of piperazine rings is 1. The fraction of sp³-hybridized carbons (Fsp3) is 0.938. The third-order valence-corrected chi connectivity index (χ3v) is 5.08. The van der Waals surface area contributed by atoms with Gasteiger partial charge in [0.05, 0.1) is 6.04 Å². The Morgan fingerprint density at radius 3 is 2.38 bits per heavy atom.